The van der Waals surface area contributed by atoms with E-state index in [2.05, 4.69) is 14.9 Å². The van der Waals surface area contributed by atoms with Crippen molar-refractivity contribution >= 4 is 0 Å². The fourth-order valence-corrected chi connectivity index (χ4v) is 3.04. The summed E-state index contributed by atoms with van der Waals surface area (Å²) in [6.45, 7) is 5.24. The molecule has 0 aliphatic carbocycles. The number of β-amino-alcohol motifs (C(OH)–C–C–N with tert-alkyl or cyclic N) is 1. The van der Waals surface area contributed by atoms with Gasteiger partial charge in [-0.3, -0.25) is 14.5 Å². The third-order valence-corrected chi connectivity index (χ3v) is 4.37. The lowest BCUT2D eigenvalue weighted by atomic mass is 10.2. The van der Waals surface area contributed by atoms with E-state index in [9.17, 15) is 9.50 Å². The first-order chi connectivity index (χ1) is 12.1. The molecule has 3 rings (SSSR count). The van der Waals surface area contributed by atoms with Gasteiger partial charge in [0.25, 0.3) is 0 Å². The van der Waals surface area contributed by atoms with Gasteiger partial charge in [-0.25, -0.2) is 4.39 Å². The van der Waals surface area contributed by atoms with E-state index in [1.54, 1.807) is 18.2 Å². The second-order valence-electron chi connectivity index (χ2n) is 6.49. The van der Waals surface area contributed by atoms with Crippen molar-refractivity contribution in [2.24, 2.45) is 7.05 Å². The second-order valence-corrected chi connectivity index (χ2v) is 6.49. The Morgan fingerprint density at radius 1 is 1.20 bits per heavy atom. The first-order valence-electron chi connectivity index (χ1n) is 8.58. The Morgan fingerprint density at radius 3 is 2.60 bits per heavy atom. The van der Waals surface area contributed by atoms with Gasteiger partial charge in [0.05, 0.1) is 6.20 Å². The Morgan fingerprint density at radius 2 is 1.92 bits per heavy atom. The Hall–Kier alpha value is -1.96. The molecule has 0 amide bonds. The number of halogens is 1. The lowest BCUT2D eigenvalue weighted by molar-refractivity contribution is 0.0437. The molecule has 0 radical (unpaired) electrons. The number of piperazine rings is 1. The van der Waals surface area contributed by atoms with E-state index < -0.39 is 11.9 Å². The number of aliphatic hydroxyl groups excluding tert-OH is 1. The number of aromatic nitrogens is 2. The van der Waals surface area contributed by atoms with Gasteiger partial charge < -0.3 is 9.84 Å². The van der Waals surface area contributed by atoms with Crippen molar-refractivity contribution in [3.8, 4) is 5.75 Å². The number of ether oxygens (including phenoxy) is 1. The molecule has 0 spiro atoms. The van der Waals surface area contributed by atoms with Gasteiger partial charge >= 0.3 is 0 Å². The topological polar surface area (TPSA) is 53.8 Å². The summed E-state index contributed by atoms with van der Waals surface area (Å²) in [6.07, 6.45) is 3.30. The van der Waals surface area contributed by atoms with Crippen LogP contribution in [0.15, 0.2) is 36.7 Å². The van der Waals surface area contributed by atoms with Crippen molar-refractivity contribution in [3.05, 3.63) is 48.0 Å². The SMILES string of the molecule is Cn1cc(CN2CCN(CC(O)COc3ccccc3F)CC2)cn1. The number of hydrogen-bond donors (Lipinski definition) is 1. The predicted octanol–water partition coefficient (Wildman–Crippen LogP) is 1.12. The molecule has 1 unspecified atom stereocenters. The number of nitrogens with zero attached hydrogens (tertiary/aromatic N) is 4. The molecular formula is C18H25FN4O2. The number of aryl methyl sites for hydroxylation is 1. The van der Waals surface area contributed by atoms with Gasteiger partial charge in [-0.05, 0) is 12.1 Å². The van der Waals surface area contributed by atoms with Crippen LogP contribution in [0.2, 0.25) is 0 Å². The lowest BCUT2D eigenvalue weighted by Crippen LogP contribution is -2.48. The molecule has 1 aliphatic rings. The van der Waals surface area contributed by atoms with Crippen LogP contribution in [0.1, 0.15) is 5.56 Å². The second kappa shape index (κ2) is 8.42. The molecule has 0 bridgehead atoms. The average Bonchev–Trinajstić information content (AvgIpc) is 3.01. The minimum atomic E-state index is -0.635. The largest absolute Gasteiger partial charge is 0.488 e. The molecule has 1 aromatic heterocycles. The standard InChI is InChI=1S/C18H25FN4O2/c1-21-11-15(10-20-21)12-22-6-8-23(9-7-22)13-16(24)14-25-18-5-3-2-4-17(18)19/h2-5,10-11,16,24H,6-9,12-14H2,1H3. The Bertz CT molecular complexity index is 671. The van der Waals surface area contributed by atoms with E-state index in [1.807, 2.05) is 24.1 Å². The molecule has 136 valence electrons. The third kappa shape index (κ3) is 5.26. The fraction of sp³-hybridized carbons (Fsp3) is 0.500. The molecule has 1 atom stereocenters. The van der Waals surface area contributed by atoms with Crippen LogP contribution in [-0.2, 0) is 13.6 Å². The number of para-hydroxylation sites is 1. The van der Waals surface area contributed by atoms with E-state index in [0.717, 1.165) is 32.7 Å². The van der Waals surface area contributed by atoms with E-state index >= 15 is 0 Å². The van der Waals surface area contributed by atoms with E-state index in [-0.39, 0.29) is 12.4 Å². The zero-order valence-electron chi connectivity index (χ0n) is 14.5. The number of benzene rings is 1. The predicted molar refractivity (Wildman–Crippen MR) is 92.8 cm³/mol. The number of aliphatic hydroxyl groups is 1. The molecule has 7 heteroatoms. The first-order valence-corrected chi connectivity index (χ1v) is 8.58. The van der Waals surface area contributed by atoms with Crippen LogP contribution < -0.4 is 4.74 Å². The summed E-state index contributed by atoms with van der Waals surface area (Å²) in [7, 11) is 1.92. The van der Waals surface area contributed by atoms with Crippen LogP contribution in [0.25, 0.3) is 0 Å². The highest BCUT2D eigenvalue weighted by atomic mass is 19.1. The van der Waals surface area contributed by atoms with Crippen LogP contribution in [-0.4, -0.2) is 70.1 Å². The van der Waals surface area contributed by atoms with Gasteiger partial charge in [-0.15, -0.1) is 0 Å². The van der Waals surface area contributed by atoms with E-state index in [4.69, 9.17) is 4.74 Å². The van der Waals surface area contributed by atoms with E-state index in [1.165, 1.54) is 11.6 Å². The van der Waals surface area contributed by atoms with Crippen molar-refractivity contribution < 1.29 is 14.2 Å². The molecule has 1 saturated heterocycles. The quantitative estimate of drug-likeness (QED) is 0.813. The Balaban J connectivity index is 1.37. The van der Waals surface area contributed by atoms with Crippen molar-refractivity contribution in [1.29, 1.82) is 0 Å². The maximum atomic E-state index is 13.5. The summed E-state index contributed by atoms with van der Waals surface area (Å²) in [5.74, 6) is -0.221. The van der Waals surface area contributed by atoms with Gasteiger partial charge in [0.15, 0.2) is 11.6 Å². The van der Waals surface area contributed by atoms with Crippen LogP contribution in [0, 0.1) is 5.82 Å². The molecule has 1 aromatic carbocycles. The minimum Gasteiger partial charge on any atom is -0.488 e. The summed E-state index contributed by atoms with van der Waals surface area (Å²) >= 11 is 0. The van der Waals surface area contributed by atoms with Crippen LogP contribution in [0.4, 0.5) is 4.39 Å². The van der Waals surface area contributed by atoms with Gasteiger partial charge in [-0.1, -0.05) is 12.1 Å². The summed E-state index contributed by atoms with van der Waals surface area (Å²) in [5.41, 5.74) is 1.22. The lowest BCUT2D eigenvalue weighted by Gasteiger charge is -2.35. The highest BCUT2D eigenvalue weighted by molar-refractivity contribution is 5.23. The van der Waals surface area contributed by atoms with Gasteiger partial charge in [0.1, 0.15) is 12.7 Å². The van der Waals surface area contributed by atoms with Gasteiger partial charge in [0.2, 0.25) is 0 Å². The van der Waals surface area contributed by atoms with Crippen molar-refractivity contribution in [1.82, 2.24) is 19.6 Å². The Labute approximate surface area is 147 Å². The van der Waals surface area contributed by atoms with Crippen molar-refractivity contribution in [2.45, 2.75) is 12.6 Å². The summed E-state index contributed by atoms with van der Waals surface area (Å²) in [4.78, 5) is 4.60. The zero-order chi connectivity index (χ0) is 17.6. The molecule has 2 heterocycles. The normalized spacial score (nSPS) is 17.6. The molecule has 25 heavy (non-hydrogen) atoms. The minimum absolute atomic E-state index is 0.0941. The Kier molecular flexibility index (Phi) is 6.01. The van der Waals surface area contributed by atoms with Gasteiger partial charge in [0, 0.05) is 58.1 Å². The van der Waals surface area contributed by atoms with Crippen molar-refractivity contribution in [2.75, 3.05) is 39.3 Å². The fourth-order valence-electron chi connectivity index (χ4n) is 3.04. The zero-order valence-corrected chi connectivity index (χ0v) is 14.5. The smallest absolute Gasteiger partial charge is 0.165 e. The van der Waals surface area contributed by atoms with Gasteiger partial charge in [-0.2, -0.15) is 5.10 Å². The third-order valence-electron chi connectivity index (χ3n) is 4.37. The molecule has 6 nitrogen and oxygen atoms in total. The summed E-state index contributed by atoms with van der Waals surface area (Å²) in [5, 5.41) is 14.3. The number of hydrogen-bond acceptors (Lipinski definition) is 5. The van der Waals surface area contributed by atoms with Crippen LogP contribution in [0.5, 0.6) is 5.75 Å². The average molecular weight is 348 g/mol. The number of rotatable bonds is 7. The molecule has 2 aromatic rings. The maximum Gasteiger partial charge on any atom is 0.165 e. The first kappa shape index (κ1) is 17.8. The van der Waals surface area contributed by atoms with Crippen LogP contribution in [0.3, 0.4) is 0 Å². The molecule has 1 fully saturated rings. The molecule has 1 N–H and O–H groups in total. The highest BCUT2D eigenvalue weighted by Crippen LogP contribution is 2.15. The van der Waals surface area contributed by atoms with Crippen LogP contribution >= 0.6 is 0 Å². The van der Waals surface area contributed by atoms with E-state index in [0.29, 0.717) is 6.54 Å². The van der Waals surface area contributed by atoms with Crippen molar-refractivity contribution in [3.63, 3.8) is 0 Å². The molecular weight excluding hydrogens is 323 g/mol. The monoisotopic (exact) mass is 348 g/mol. The highest BCUT2D eigenvalue weighted by Gasteiger charge is 2.20. The molecule has 1 aliphatic heterocycles. The summed E-state index contributed by atoms with van der Waals surface area (Å²) < 4.78 is 20.7. The molecule has 0 saturated carbocycles. The summed E-state index contributed by atoms with van der Waals surface area (Å²) in [6, 6.07) is 6.25. The maximum absolute atomic E-state index is 13.5.